The Hall–Kier alpha value is -2.02. The lowest BCUT2D eigenvalue weighted by Gasteiger charge is -2.11. The highest BCUT2D eigenvalue weighted by Gasteiger charge is 2.04. The molecular weight excluding hydrogens is 194 g/mol. The Morgan fingerprint density at radius 3 is 2.50 bits per heavy atom. The monoisotopic (exact) mass is 209 g/mol. The van der Waals surface area contributed by atoms with Gasteiger partial charge in [-0.3, -0.25) is 0 Å². The van der Waals surface area contributed by atoms with Crippen molar-refractivity contribution in [2.45, 2.75) is 6.92 Å². The molecule has 78 valence electrons. The van der Waals surface area contributed by atoms with Crippen molar-refractivity contribution in [3.63, 3.8) is 0 Å². The van der Waals surface area contributed by atoms with E-state index in [1.165, 1.54) is 0 Å². The highest BCUT2D eigenvalue weighted by Crippen LogP contribution is 2.25. The van der Waals surface area contributed by atoms with Crippen molar-refractivity contribution in [1.29, 1.82) is 0 Å². The first-order valence-corrected chi connectivity index (χ1v) is 5.32. The second-order valence-corrected chi connectivity index (χ2v) is 3.88. The number of aryl methyl sites for hydroxylation is 1. The molecule has 0 atom stereocenters. The molecule has 1 nitrogen and oxygen atoms in total. The fourth-order valence-corrected chi connectivity index (χ4v) is 2.05. The third kappa shape index (κ3) is 1.33. The summed E-state index contributed by atoms with van der Waals surface area (Å²) in [5.41, 5.74) is 2.01. The molecule has 0 spiro atoms. The smallest absolute Gasteiger partial charge is 0.0822 e. The van der Waals surface area contributed by atoms with Crippen LogP contribution in [0.2, 0.25) is 0 Å². The Kier molecular flexibility index (Phi) is 1.61. The van der Waals surface area contributed by atoms with E-state index in [0.29, 0.717) is 12.3 Å². The van der Waals surface area contributed by atoms with Crippen molar-refractivity contribution >= 4 is 10.8 Å². The van der Waals surface area contributed by atoms with E-state index in [9.17, 15) is 0 Å². The highest BCUT2D eigenvalue weighted by molar-refractivity contribution is 5.91. The van der Waals surface area contributed by atoms with Gasteiger partial charge in [-0.25, -0.2) is 0 Å². The van der Waals surface area contributed by atoms with Gasteiger partial charge in [-0.2, -0.15) is 0 Å². The summed E-state index contributed by atoms with van der Waals surface area (Å²) in [4.78, 5) is 0. The number of nitrogens with zero attached hydrogens (tertiary/aromatic N) is 1. The summed E-state index contributed by atoms with van der Waals surface area (Å²) in [6, 6.07) is 15.5. The van der Waals surface area contributed by atoms with E-state index >= 15 is 0 Å². The molecule has 16 heavy (non-hydrogen) atoms. The Morgan fingerprint density at radius 1 is 0.938 bits per heavy atom. The van der Waals surface area contributed by atoms with Crippen LogP contribution < -0.4 is 0 Å². The molecule has 0 aliphatic carbocycles. The van der Waals surface area contributed by atoms with Gasteiger partial charge in [0.2, 0.25) is 0 Å². The van der Waals surface area contributed by atoms with E-state index in [0.717, 1.165) is 22.0 Å². The summed E-state index contributed by atoms with van der Waals surface area (Å²) in [5, 5.41) is 2.21. The normalized spacial score (nSPS) is 12.6. The molecule has 0 amide bonds. The molecule has 0 saturated heterocycles. The quantitative estimate of drug-likeness (QED) is 0.572. The van der Waals surface area contributed by atoms with Gasteiger partial charge < -0.3 is 4.57 Å². The maximum absolute atomic E-state index is 7.94. The Balaban J connectivity index is 2.45. The summed E-state index contributed by atoms with van der Waals surface area (Å²) in [6.07, 6.45) is 0.693. The highest BCUT2D eigenvalue weighted by atomic mass is 14.9. The van der Waals surface area contributed by atoms with E-state index < -0.39 is 0 Å². The molecular formula is C15H13N. The minimum Gasteiger partial charge on any atom is -0.323 e. The lowest BCUT2D eigenvalue weighted by atomic mass is 10.0. The molecule has 3 aromatic rings. The van der Waals surface area contributed by atoms with E-state index in [1.54, 1.807) is 16.7 Å². The number of rotatable bonds is 1. The van der Waals surface area contributed by atoms with Gasteiger partial charge in [-0.05, 0) is 30.0 Å². The van der Waals surface area contributed by atoms with Gasteiger partial charge >= 0.3 is 0 Å². The number of benzene rings is 2. The molecule has 3 rings (SSSR count). The Labute approximate surface area is 97.8 Å². The molecule has 0 saturated carbocycles. The molecule has 2 aromatic carbocycles. The minimum atomic E-state index is 0.347. The van der Waals surface area contributed by atoms with Crippen LogP contribution in [-0.2, 0) is 0 Å². The molecule has 1 heterocycles. The van der Waals surface area contributed by atoms with Crippen LogP contribution >= 0.6 is 0 Å². The van der Waals surface area contributed by atoms with Crippen LogP contribution in [0.15, 0.2) is 60.9 Å². The molecule has 0 radical (unpaired) electrons. The summed E-state index contributed by atoms with van der Waals surface area (Å²) in [5.74, 6) is 0. The van der Waals surface area contributed by atoms with E-state index in [1.807, 2.05) is 31.2 Å². The molecule has 1 aromatic heterocycles. The van der Waals surface area contributed by atoms with Crippen LogP contribution in [0.5, 0.6) is 0 Å². The van der Waals surface area contributed by atoms with Gasteiger partial charge in [-0.15, -0.1) is 0 Å². The van der Waals surface area contributed by atoms with Crippen LogP contribution in [0.1, 0.15) is 8.30 Å². The first-order chi connectivity index (χ1) is 8.68. The average molecular weight is 209 g/mol. The minimum absolute atomic E-state index is 0.347. The predicted octanol–water partition coefficient (Wildman–Crippen LogP) is 3.94. The van der Waals surface area contributed by atoms with Crippen molar-refractivity contribution in [1.82, 2.24) is 4.57 Å². The second kappa shape index (κ2) is 3.53. The van der Waals surface area contributed by atoms with Crippen molar-refractivity contribution in [3.8, 4) is 5.69 Å². The maximum Gasteiger partial charge on any atom is 0.0822 e. The topological polar surface area (TPSA) is 4.93 Å². The van der Waals surface area contributed by atoms with Gasteiger partial charge in [0.1, 0.15) is 0 Å². The largest absolute Gasteiger partial charge is 0.323 e. The third-order valence-corrected chi connectivity index (χ3v) is 2.82. The van der Waals surface area contributed by atoms with Gasteiger partial charge in [-0.1, -0.05) is 36.4 Å². The number of aromatic nitrogens is 1. The van der Waals surface area contributed by atoms with Crippen LogP contribution in [0.4, 0.5) is 0 Å². The Morgan fingerprint density at radius 2 is 1.69 bits per heavy atom. The van der Waals surface area contributed by atoms with Crippen LogP contribution in [0.3, 0.4) is 0 Å². The summed E-state index contributed by atoms with van der Waals surface area (Å²) in [7, 11) is 0. The SMILES string of the molecule is [2H]c1ccc([2H])n1-c1c(C)ccc2ccccc12. The summed E-state index contributed by atoms with van der Waals surface area (Å²) in [6.45, 7) is 2.01. The van der Waals surface area contributed by atoms with Crippen molar-refractivity contribution in [2.24, 2.45) is 0 Å². The fraction of sp³-hybridized carbons (Fsp3) is 0.0667. The van der Waals surface area contributed by atoms with Crippen LogP contribution in [0, 0.1) is 6.92 Å². The predicted molar refractivity (Wildman–Crippen MR) is 68.0 cm³/mol. The summed E-state index contributed by atoms with van der Waals surface area (Å²) < 4.78 is 17.6. The lowest BCUT2D eigenvalue weighted by molar-refractivity contribution is 1.07. The first kappa shape index (κ1) is 7.29. The second-order valence-electron chi connectivity index (χ2n) is 3.88. The van der Waals surface area contributed by atoms with Crippen LogP contribution in [0.25, 0.3) is 16.5 Å². The molecule has 0 unspecified atom stereocenters. The zero-order valence-electron chi connectivity index (χ0n) is 11.1. The van der Waals surface area contributed by atoms with Crippen molar-refractivity contribution < 1.29 is 2.74 Å². The summed E-state index contributed by atoms with van der Waals surface area (Å²) >= 11 is 0. The third-order valence-electron chi connectivity index (χ3n) is 2.82. The average Bonchev–Trinajstić information content (AvgIpc) is 2.70. The Bertz CT molecular complexity index is 709. The molecule has 0 aliphatic heterocycles. The first-order valence-electron chi connectivity index (χ1n) is 6.32. The van der Waals surface area contributed by atoms with Crippen molar-refractivity contribution in [3.05, 3.63) is 66.4 Å². The number of fused-ring (bicyclic) bond motifs is 1. The van der Waals surface area contributed by atoms with E-state index in [4.69, 9.17) is 2.74 Å². The van der Waals surface area contributed by atoms with Gasteiger partial charge in [0.15, 0.2) is 0 Å². The zero-order valence-corrected chi connectivity index (χ0v) is 9.07. The number of hydrogen-bond donors (Lipinski definition) is 0. The van der Waals surface area contributed by atoms with Gasteiger partial charge in [0.05, 0.1) is 8.43 Å². The number of hydrogen-bond acceptors (Lipinski definition) is 0. The molecule has 0 fully saturated rings. The fourth-order valence-electron chi connectivity index (χ4n) is 2.05. The van der Waals surface area contributed by atoms with Crippen molar-refractivity contribution in [2.75, 3.05) is 0 Å². The molecule has 0 N–H and O–H groups in total. The van der Waals surface area contributed by atoms with Gasteiger partial charge in [0.25, 0.3) is 0 Å². The van der Waals surface area contributed by atoms with Gasteiger partial charge in [0, 0.05) is 17.7 Å². The standard InChI is InChI=1S/C15H13N/c1-12-8-9-13-6-2-3-7-14(13)15(12)16-10-4-5-11-16/h2-11H,1H3/i10D,11D. The zero-order chi connectivity index (χ0) is 12.7. The van der Waals surface area contributed by atoms with E-state index in [2.05, 4.69) is 12.1 Å². The van der Waals surface area contributed by atoms with Crippen LogP contribution in [-0.4, -0.2) is 4.57 Å². The maximum atomic E-state index is 7.94. The molecule has 0 aliphatic rings. The van der Waals surface area contributed by atoms with E-state index in [-0.39, 0.29) is 0 Å². The lowest BCUT2D eigenvalue weighted by Crippen LogP contribution is -1.94. The molecule has 1 heteroatoms. The molecule has 0 bridgehead atoms.